The average molecular weight is 403 g/mol. The molecule has 1 fully saturated rings. The van der Waals surface area contributed by atoms with E-state index in [1.807, 2.05) is 24.3 Å². The van der Waals surface area contributed by atoms with Gasteiger partial charge in [0.15, 0.2) is 0 Å². The third-order valence-corrected chi connectivity index (χ3v) is 5.52. The number of amides is 1. The van der Waals surface area contributed by atoms with E-state index in [1.165, 1.54) is 0 Å². The number of carbonyl (C=O) groups excluding carboxylic acids is 1. The van der Waals surface area contributed by atoms with Crippen LogP contribution >= 0.6 is 50.9 Å². The highest BCUT2D eigenvalue weighted by Gasteiger charge is 2.35. The minimum absolute atomic E-state index is 0.0547. The first-order valence-electron chi connectivity index (χ1n) is 6.20. The Balaban J connectivity index is 2.06. The molecule has 0 unspecified atom stereocenters. The predicted octanol–water partition coefficient (Wildman–Crippen LogP) is 5.53. The fourth-order valence-corrected chi connectivity index (χ4v) is 4.67. The van der Waals surface area contributed by atoms with Gasteiger partial charge in [0, 0.05) is 20.2 Å². The van der Waals surface area contributed by atoms with E-state index in [9.17, 15) is 4.79 Å². The highest BCUT2D eigenvalue weighted by Crippen LogP contribution is 2.44. The van der Waals surface area contributed by atoms with Gasteiger partial charge in [0.1, 0.15) is 5.37 Å². The summed E-state index contributed by atoms with van der Waals surface area (Å²) in [6, 6.07) is 13.1. The van der Waals surface area contributed by atoms with Crippen molar-refractivity contribution in [2.24, 2.45) is 0 Å². The summed E-state index contributed by atoms with van der Waals surface area (Å²) in [7, 11) is 0. The van der Waals surface area contributed by atoms with E-state index in [1.54, 1.807) is 34.9 Å². The number of rotatable bonds is 2. The lowest BCUT2D eigenvalue weighted by atomic mass is 10.2. The average Bonchev–Trinajstić information content (AvgIpc) is 2.80. The summed E-state index contributed by atoms with van der Waals surface area (Å²) in [4.78, 5) is 14.0. The molecule has 2 aromatic carbocycles. The molecule has 1 amide bonds. The van der Waals surface area contributed by atoms with E-state index in [2.05, 4.69) is 15.9 Å². The zero-order valence-electron chi connectivity index (χ0n) is 10.7. The lowest BCUT2D eigenvalue weighted by molar-refractivity contribution is -0.115. The lowest BCUT2D eigenvalue weighted by Crippen LogP contribution is -2.28. The normalized spacial score (nSPS) is 18.3. The van der Waals surface area contributed by atoms with Gasteiger partial charge in [0.2, 0.25) is 5.91 Å². The van der Waals surface area contributed by atoms with Crippen molar-refractivity contribution in [3.8, 4) is 0 Å². The van der Waals surface area contributed by atoms with Crippen LogP contribution < -0.4 is 4.90 Å². The highest BCUT2D eigenvalue weighted by atomic mass is 79.9. The second kappa shape index (κ2) is 6.21. The van der Waals surface area contributed by atoms with Crippen molar-refractivity contribution >= 4 is 62.5 Å². The Morgan fingerprint density at radius 1 is 1.14 bits per heavy atom. The lowest BCUT2D eigenvalue weighted by Gasteiger charge is -2.25. The first-order valence-corrected chi connectivity index (χ1v) is 8.80. The monoisotopic (exact) mass is 401 g/mol. The van der Waals surface area contributed by atoms with Crippen molar-refractivity contribution < 1.29 is 4.79 Å². The summed E-state index contributed by atoms with van der Waals surface area (Å²) >= 11 is 17.3. The van der Waals surface area contributed by atoms with Gasteiger partial charge in [-0.15, -0.1) is 11.8 Å². The van der Waals surface area contributed by atoms with Crippen LogP contribution in [-0.4, -0.2) is 11.7 Å². The molecule has 0 N–H and O–H groups in total. The van der Waals surface area contributed by atoms with Gasteiger partial charge in [0.25, 0.3) is 0 Å². The van der Waals surface area contributed by atoms with Crippen LogP contribution in [0.1, 0.15) is 10.9 Å². The van der Waals surface area contributed by atoms with Gasteiger partial charge in [-0.1, -0.05) is 57.3 Å². The van der Waals surface area contributed by atoms with E-state index in [4.69, 9.17) is 23.2 Å². The number of carbonyl (C=O) groups is 1. The molecule has 0 saturated carbocycles. The number of thioether (sulfide) groups is 1. The topological polar surface area (TPSA) is 20.3 Å². The molecule has 2 aromatic rings. The van der Waals surface area contributed by atoms with Crippen LogP contribution in [0.25, 0.3) is 0 Å². The van der Waals surface area contributed by atoms with E-state index < -0.39 is 0 Å². The van der Waals surface area contributed by atoms with Gasteiger partial charge in [-0.2, -0.15) is 0 Å². The molecule has 1 aliphatic rings. The Bertz CT molecular complexity index is 690. The van der Waals surface area contributed by atoms with Crippen LogP contribution in [0.15, 0.2) is 46.9 Å². The largest absolute Gasteiger partial charge is 0.295 e. The molecule has 108 valence electrons. The molecule has 0 aromatic heterocycles. The third kappa shape index (κ3) is 3.09. The van der Waals surface area contributed by atoms with E-state index in [-0.39, 0.29) is 11.3 Å². The second-order valence-electron chi connectivity index (χ2n) is 4.58. The summed E-state index contributed by atoms with van der Waals surface area (Å²) in [5.41, 5.74) is 1.78. The fourth-order valence-electron chi connectivity index (χ4n) is 2.29. The maximum atomic E-state index is 12.3. The summed E-state index contributed by atoms with van der Waals surface area (Å²) in [5.74, 6) is 0.495. The van der Waals surface area contributed by atoms with Crippen LogP contribution in [0.3, 0.4) is 0 Å². The van der Waals surface area contributed by atoms with Crippen LogP contribution in [0.4, 0.5) is 5.69 Å². The SMILES string of the molecule is O=C1CS[C@H](c2ccccc2Br)N1c1cc(Cl)cc(Cl)c1. The van der Waals surface area contributed by atoms with Crippen molar-refractivity contribution in [3.63, 3.8) is 0 Å². The molecule has 0 radical (unpaired) electrons. The smallest absolute Gasteiger partial charge is 0.238 e. The van der Waals surface area contributed by atoms with Crippen molar-refractivity contribution in [1.29, 1.82) is 0 Å². The number of hydrogen-bond donors (Lipinski definition) is 0. The molecule has 1 aliphatic heterocycles. The Kier molecular flexibility index (Phi) is 4.50. The number of hydrogen-bond acceptors (Lipinski definition) is 2. The molecule has 6 heteroatoms. The molecule has 21 heavy (non-hydrogen) atoms. The van der Waals surface area contributed by atoms with Gasteiger partial charge in [-0.25, -0.2) is 0 Å². The third-order valence-electron chi connectivity index (χ3n) is 3.16. The van der Waals surface area contributed by atoms with Gasteiger partial charge in [-0.3, -0.25) is 9.69 Å². The maximum Gasteiger partial charge on any atom is 0.238 e. The zero-order valence-corrected chi connectivity index (χ0v) is 14.6. The molecule has 0 spiro atoms. The molecule has 1 atom stereocenters. The molecule has 0 aliphatic carbocycles. The van der Waals surface area contributed by atoms with Crippen molar-refractivity contribution in [2.75, 3.05) is 10.7 Å². The Morgan fingerprint density at radius 2 is 1.81 bits per heavy atom. The van der Waals surface area contributed by atoms with Crippen molar-refractivity contribution in [2.45, 2.75) is 5.37 Å². The molecule has 0 bridgehead atoms. The Hall–Kier alpha value is -0.680. The van der Waals surface area contributed by atoms with Crippen molar-refractivity contribution in [3.05, 3.63) is 62.5 Å². The molecule has 1 heterocycles. The summed E-state index contributed by atoms with van der Waals surface area (Å²) in [6.07, 6.45) is 0. The molecular formula is C15H10BrCl2NOS. The van der Waals surface area contributed by atoms with E-state index >= 15 is 0 Å². The number of halogens is 3. The van der Waals surface area contributed by atoms with Crippen LogP contribution in [0.5, 0.6) is 0 Å². The summed E-state index contributed by atoms with van der Waals surface area (Å²) < 4.78 is 0.982. The fraction of sp³-hybridized carbons (Fsp3) is 0.133. The Morgan fingerprint density at radius 3 is 2.48 bits per heavy atom. The van der Waals surface area contributed by atoms with E-state index in [0.29, 0.717) is 15.8 Å². The minimum Gasteiger partial charge on any atom is -0.295 e. The van der Waals surface area contributed by atoms with Gasteiger partial charge in [-0.05, 0) is 29.8 Å². The van der Waals surface area contributed by atoms with Gasteiger partial charge >= 0.3 is 0 Å². The van der Waals surface area contributed by atoms with Gasteiger partial charge in [0.05, 0.1) is 5.75 Å². The van der Waals surface area contributed by atoms with Crippen LogP contribution in [0, 0.1) is 0 Å². The standard InChI is InChI=1S/C15H10BrCl2NOS/c16-13-4-2-1-3-12(13)15-19(14(20)8-21-15)11-6-9(17)5-10(18)7-11/h1-7,15H,8H2/t15-/m1/s1. The zero-order chi connectivity index (χ0) is 15.0. The number of benzene rings is 2. The second-order valence-corrected chi connectivity index (χ2v) is 7.37. The van der Waals surface area contributed by atoms with Crippen molar-refractivity contribution in [1.82, 2.24) is 0 Å². The molecule has 1 saturated heterocycles. The molecular weight excluding hydrogens is 393 g/mol. The highest BCUT2D eigenvalue weighted by molar-refractivity contribution is 9.10. The van der Waals surface area contributed by atoms with Crippen LogP contribution in [-0.2, 0) is 4.79 Å². The summed E-state index contributed by atoms with van der Waals surface area (Å²) in [6.45, 7) is 0. The quantitative estimate of drug-likeness (QED) is 0.657. The number of anilines is 1. The maximum absolute atomic E-state index is 12.3. The first kappa shape index (κ1) is 15.2. The number of nitrogens with zero attached hydrogens (tertiary/aromatic N) is 1. The summed E-state index contributed by atoms with van der Waals surface area (Å²) in [5, 5.41) is 0.962. The van der Waals surface area contributed by atoms with E-state index in [0.717, 1.165) is 15.7 Å². The first-order chi connectivity index (χ1) is 10.1. The molecule has 2 nitrogen and oxygen atoms in total. The Labute approximate surface area is 145 Å². The molecule has 3 rings (SSSR count). The predicted molar refractivity (Wildman–Crippen MR) is 93.3 cm³/mol. The minimum atomic E-state index is -0.0809. The van der Waals surface area contributed by atoms with Gasteiger partial charge < -0.3 is 0 Å². The van der Waals surface area contributed by atoms with Crippen LogP contribution in [0.2, 0.25) is 10.0 Å².